The van der Waals surface area contributed by atoms with E-state index in [9.17, 15) is 0 Å². The molecule has 176 valence electrons. The minimum absolute atomic E-state index is 0.0648. The van der Waals surface area contributed by atoms with Crippen LogP contribution in [0.4, 0.5) is 0 Å². The fourth-order valence-electron chi connectivity index (χ4n) is 3.11. The maximum absolute atomic E-state index is 8.97. The van der Waals surface area contributed by atoms with Gasteiger partial charge >= 0.3 is 7.82 Å². The Hall–Kier alpha value is 0.860. The van der Waals surface area contributed by atoms with Crippen LogP contribution in [-0.4, -0.2) is 64.4 Å². The lowest BCUT2D eigenvalue weighted by molar-refractivity contribution is 0.131. The van der Waals surface area contributed by atoms with Crippen molar-refractivity contribution >= 4 is 42.6 Å². The summed E-state index contributed by atoms with van der Waals surface area (Å²) in [5.74, 6) is 0. The number of hydrogen-bond acceptors (Lipinski definition) is 4. The Bertz CT molecular complexity index is 345. The molecule has 7 nitrogen and oxygen atoms in total. The highest BCUT2D eigenvalue weighted by atomic mass is 35.5. The zero-order valence-corrected chi connectivity index (χ0v) is 19.8. The number of halogens is 3. The summed E-state index contributed by atoms with van der Waals surface area (Å²) in [5.41, 5.74) is 0. The molecule has 0 bridgehead atoms. The van der Waals surface area contributed by atoms with Crippen molar-refractivity contribution in [1.29, 1.82) is 0 Å². The lowest BCUT2D eigenvalue weighted by Gasteiger charge is -2.19. The highest BCUT2D eigenvalue weighted by Gasteiger charge is 2.17. The van der Waals surface area contributed by atoms with E-state index in [2.05, 4.69) is 0 Å². The summed E-state index contributed by atoms with van der Waals surface area (Å²) in [4.78, 5) is 21.6. The molecule has 0 saturated heterocycles. The second kappa shape index (κ2) is 16.5. The quantitative estimate of drug-likeness (QED) is 0.220. The third kappa shape index (κ3) is 21.9. The summed E-state index contributed by atoms with van der Waals surface area (Å²) < 4.78 is 8.88. The first-order chi connectivity index (χ1) is 13.4. The standard InChI is InChI=1S/3C6H11ClO.H3O4P/c3*7-5-1-3-6(8)4-2-5;1-5(2,3)4/h3*5-6,8H,1-4H2;(H3,1,2,3,4). The van der Waals surface area contributed by atoms with Crippen molar-refractivity contribution in [3.8, 4) is 0 Å². The molecule has 3 fully saturated rings. The molecule has 6 N–H and O–H groups in total. The van der Waals surface area contributed by atoms with Gasteiger partial charge in [0, 0.05) is 16.1 Å². The molecule has 0 spiro atoms. The third-order valence-electron chi connectivity index (χ3n) is 4.88. The monoisotopic (exact) mass is 500 g/mol. The largest absolute Gasteiger partial charge is 0.466 e. The average Bonchev–Trinajstić information content (AvgIpc) is 2.62. The van der Waals surface area contributed by atoms with Gasteiger partial charge in [0.1, 0.15) is 0 Å². The maximum Gasteiger partial charge on any atom is 0.466 e. The molecule has 0 radical (unpaired) electrons. The van der Waals surface area contributed by atoms with E-state index in [1.165, 1.54) is 0 Å². The van der Waals surface area contributed by atoms with Crippen molar-refractivity contribution in [3.05, 3.63) is 0 Å². The lowest BCUT2D eigenvalue weighted by atomic mass is 9.98. The number of hydrogen-bond donors (Lipinski definition) is 6. The van der Waals surface area contributed by atoms with E-state index in [1.54, 1.807) is 0 Å². The Balaban J connectivity index is 0.000000367. The molecular formula is C18H36Cl3O7P. The summed E-state index contributed by atoms with van der Waals surface area (Å²) in [7, 11) is -4.64. The molecule has 3 rings (SSSR count). The normalized spacial score (nSPS) is 34.9. The zero-order chi connectivity index (χ0) is 22.4. The molecule has 3 aliphatic carbocycles. The first-order valence-electron chi connectivity index (χ1n) is 10.1. The van der Waals surface area contributed by atoms with Gasteiger partial charge < -0.3 is 30.0 Å². The van der Waals surface area contributed by atoms with Crippen LogP contribution in [-0.2, 0) is 4.57 Å². The molecule has 11 heteroatoms. The molecule has 0 aromatic heterocycles. The number of aliphatic hydroxyl groups excluding tert-OH is 3. The smallest absolute Gasteiger partial charge is 0.393 e. The predicted molar refractivity (Wildman–Crippen MR) is 117 cm³/mol. The molecule has 0 atom stereocenters. The molecule has 29 heavy (non-hydrogen) atoms. The Morgan fingerprint density at radius 3 is 0.724 bits per heavy atom. The van der Waals surface area contributed by atoms with Crippen molar-refractivity contribution in [2.24, 2.45) is 0 Å². The minimum atomic E-state index is -4.64. The van der Waals surface area contributed by atoms with E-state index < -0.39 is 7.82 Å². The molecule has 0 amide bonds. The van der Waals surface area contributed by atoms with Gasteiger partial charge in [0.05, 0.1) is 18.3 Å². The predicted octanol–water partition coefficient (Wildman–Crippen LogP) is 3.66. The molecule has 3 saturated carbocycles. The van der Waals surface area contributed by atoms with Gasteiger partial charge in [0.15, 0.2) is 0 Å². The van der Waals surface area contributed by atoms with E-state index >= 15 is 0 Å². The van der Waals surface area contributed by atoms with Gasteiger partial charge in [0.2, 0.25) is 0 Å². The average molecular weight is 502 g/mol. The molecule has 0 aromatic rings. The summed E-state index contributed by atoms with van der Waals surface area (Å²) >= 11 is 17.3. The van der Waals surface area contributed by atoms with Crippen molar-refractivity contribution in [1.82, 2.24) is 0 Å². The third-order valence-corrected chi connectivity index (χ3v) is 6.19. The second-order valence-corrected chi connectivity index (χ2v) is 10.6. The van der Waals surface area contributed by atoms with Gasteiger partial charge in [-0.1, -0.05) is 0 Å². The Kier molecular flexibility index (Phi) is 17.0. The van der Waals surface area contributed by atoms with Gasteiger partial charge in [-0.25, -0.2) is 4.57 Å². The number of rotatable bonds is 0. The highest BCUT2D eigenvalue weighted by Crippen LogP contribution is 2.26. The molecule has 3 aliphatic rings. The van der Waals surface area contributed by atoms with Crippen molar-refractivity contribution < 1.29 is 34.6 Å². The van der Waals surface area contributed by atoms with Gasteiger partial charge in [-0.15, -0.1) is 34.8 Å². The van der Waals surface area contributed by atoms with Crippen molar-refractivity contribution in [3.63, 3.8) is 0 Å². The zero-order valence-electron chi connectivity index (χ0n) is 16.6. The van der Waals surface area contributed by atoms with Crippen LogP contribution in [0.15, 0.2) is 0 Å². The van der Waals surface area contributed by atoms with Crippen LogP contribution in [0.5, 0.6) is 0 Å². The van der Waals surface area contributed by atoms with E-state index in [1.807, 2.05) is 0 Å². The molecule has 0 unspecified atom stereocenters. The highest BCUT2D eigenvalue weighted by molar-refractivity contribution is 7.45. The van der Waals surface area contributed by atoms with E-state index in [0.29, 0.717) is 16.1 Å². The molecule has 0 aliphatic heterocycles. The van der Waals surface area contributed by atoms with E-state index in [0.717, 1.165) is 77.0 Å². The number of aliphatic hydroxyl groups is 3. The summed E-state index contributed by atoms with van der Waals surface area (Å²) in [6, 6.07) is 0. The summed E-state index contributed by atoms with van der Waals surface area (Å²) in [5, 5.41) is 27.9. The fourth-order valence-corrected chi connectivity index (χ4v) is 3.86. The molecule has 0 heterocycles. The summed E-state index contributed by atoms with van der Waals surface area (Å²) in [6.07, 6.45) is 11.1. The topological polar surface area (TPSA) is 138 Å². The maximum atomic E-state index is 8.97. The SMILES string of the molecule is O=P(O)(O)O.OC1CCC(Cl)CC1.OC1CCC(Cl)CC1.OC1CCC(Cl)CC1. The van der Waals surface area contributed by atoms with Crippen LogP contribution >= 0.6 is 42.6 Å². The fraction of sp³-hybridized carbons (Fsp3) is 1.00. The lowest BCUT2D eigenvalue weighted by Crippen LogP contribution is -2.17. The second-order valence-electron chi connectivity index (χ2n) is 7.73. The first-order valence-corrected chi connectivity index (χ1v) is 13.0. The number of phosphoric acid groups is 1. The Morgan fingerprint density at radius 2 is 0.621 bits per heavy atom. The van der Waals surface area contributed by atoms with Crippen LogP contribution in [0, 0.1) is 0 Å². The van der Waals surface area contributed by atoms with Crippen LogP contribution in [0.3, 0.4) is 0 Å². The number of alkyl halides is 3. The summed E-state index contributed by atoms with van der Waals surface area (Å²) in [6.45, 7) is 0. The Morgan fingerprint density at radius 1 is 0.483 bits per heavy atom. The van der Waals surface area contributed by atoms with E-state index in [4.69, 9.17) is 69.4 Å². The van der Waals surface area contributed by atoms with Crippen molar-refractivity contribution in [2.45, 2.75) is 111 Å². The van der Waals surface area contributed by atoms with Crippen LogP contribution in [0.1, 0.15) is 77.0 Å². The Labute approximate surface area is 188 Å². The van der Waals surface area contributed by atoms with Gasteiger partial charge in [-0.2, -0.15) is 0 Å². The molecule has 0 aromatic carbocycles. The van der Waals surface area contributed by atoms with E-state index in [-0.39, 0.29) is 18.3 Å². The first kappa shape index (κ1) is 29.9. The van der Waals surface area contributed by atoms with Crippen LogP contribution in [0.25, 0.3) is 0 Å². The minimum Gasteiger partial charge on any atom is -0.393 e. The molecular weight excluding hydrogens is 466 g/mol. The van der Waals surface area contributed by atoms with Crippen molar-refractivity contribution in [2.75, 3.05) is 0 Å². The van der Waals surface area contributed by atoms with Crippen LogP contribution < -0.4 is 0 Å². The van der Waals surface area contributed by atoms with Gasteiger partial charge in [-0.3, -0.25) is 0 Å². The van der Waals surface area contributed by atoms with Gasteiger partial charge in [-0.05, 0) is 77.0 Å². The van der Waals surface area contributed by atoms with Crippen LogP contribution in [0.2, 0.25) is 0 Å². The van der Waals surface area contributed by atoms with Gasteiger partial charge in [0.25, 0.3) is 0 Å².